The summed E-state index contributed by atoms with van der Waals surface area (Å²) in [5.74, 6) is -2.68. The van der Waals surface area contributed by atoms with Crippen molar-refractivity contribution in [3.63, 3.8) is 0 Å². The lowest BCUT2D eigenvalue weighted by Crippen LogP contribution is -2.28. The molecule has 0 radical (unpaired) electrons. The van der Waals surface area contributed by atoms with Gasteiger partial charge < -0.3 is 10.1 Å². The summed E-state index contributed by atoms with van der Waals surface area (Å²) in [5, 5.41) is 5.16. The van der Waals surface area contributed by atoms with Gasteiger partial charge in [0.15, 0.2) is 0 Å². The van der Waals surface area contributed by atoms with Crippen molar-refractivity contribution in [3.05, 3.63) is 48.5 Å². The summed E-state index contributed by atoms with van der Waals surface area (Å²) < 4.78 is 41.8. The molecule has 0 saturated heterocycles. The lowest BCUT2D eigenvalue weighted by atomic mass is 10.0. The van der Waals surface area contributed by atoms with Crippen molar-refractivity contribution >= 4 is 39.1 Å². The Morgan fingerprint density at radius 3 is 2.40 bits per heavy atom. The van der Waals surface area contributed by atoms with Gasteiger partial charge >= 0.3 is 12.1 Å². The Labute approximate surface area is 140 Å². The Bertz CT molecular complexity index is 996. The molecule has 0 aliphatic heterocycles. The number of anilines is 1. The highest BCUT2D eigenvalue weighted by Gasteiger charge is 2.41. The highest BCUT2D eigenvalue weighted by molar-refractivity contribution is 6.03. The molecule has 4 nitrogen and oxygen atoms in total. The van der Waals surface area contributed by atoms with Gasteiger partial charge in [0.25, 0.3) is 0 Å². The zero-order valence-electron chi connectivity index (χ0n) is 13.0. The van der Waals surface area contributed by atoms with E-state index in [9.17, 15) is 22.8 Å². The molecule has 0 aromatic heterocycles. The number of carbonyl (C=O) groups excluding carboxylic acids is 2. The average Bonchev–Trinajstić information content (AvgIpc) is 2.52. The predicted octanol–water partition coefficient (Wildman–Crippen LogP) is 4.42. The molecule has 0 spiro atoms. The zero-order valence-corrected chi connectivity index (χ0v) is 13.0. The van der Waals surface area contributed by atoms with E-state index in [1.807, 2.05) is 0 Å². The van der Waals surface area contributed by atoms with E-state index in [0.29, 0.717) is 21.8 Å². The first kappa shape index (κ1) is 16.8. The zero-order chi connectivity index (χ0) is 18.2. The fourth-order valence-electron chi connectivity index (χ4n) is 2.52. The summed E-state index contributed by atoms with van der Waals surface area (Å²) in [6.45, 7) is 1.37. The normalized spacial score (nSPS) is 11.5. The number of nitrogens with one attached hydrogen (secondary N) is 1. The number of alkyl halides is 3. The fourth-order valence-corrected chi connectivity index (χ4v) is 2.52. The van der Waals surface area contributed by atoms with Crippen LogP contribution in [0.4, 0.5) is 18.9 Å². The lowest BCUT2D eigenvalue weighted by Gasteiger charge is -2.11. The average molecular weight is 347 g/mol. The highest BCUT2D eigenvalue weighted by atomic mass is 19.4. The summed E-state index contributed by atoms with van der Waals surface area (Å²) in [6.07, 6.45) is -5.07. The maximum absolute atomic E-state index is 12.4. The van der Waals surface area contributed by atoms with Crippen LogP contribution in [-0.4, -0.2) is 18.1 Å². The molecule has 0 heterocycles. The number of hydrogen-bond acceptors (Lipinski definition) is 3. The van der Waals surface area contributed by atoms with Crippen LogP contribution in [0.3, 0.4) is 0 Å². The van der Waals surface area contributed by atoms with Gasteiger partial charge in [-0.3, -0.25) is 4.79 Å². The second-order valence-electron chi connectivity index (χ2n) is 5.46. The fraction of sp³-hybridized carbons (Fsp3) is 0.111. The van der Waals surface area contributed by atoms with Crippen LogP contribution in [0, 0.1) is 0 Å². The van der Waals surface area contributed by atoms with Crippen molar-refractivity contribution in [1.29, 1.82) is 0 Å². The van der Waals surface area contributed by atoms with Gasteiger partial charge in [-0.25, -0.2) is 4.79 Å². The van der Waals surface area contributed by atoms with Crippen LogP contribution in [-0.2, 0) is 9.59 Å². The van der Waals surface area contributed by atoms with E-state index in [2.05, 4.69) is 10.1 Å². The molecule has 7 heteroatoms. The number of hydrogen-bond donors (Lipinski definition) is 1. The first-order valence-corrected chi connectivity index (χ1v) is 7.27. The van der Waals surface area contributed by atoms with Gasteiger partial charge in [-0.2, -0.15) is 13.2 Å². The number of benzene rings is 3. The predicted molar refractivity (Wildman–Crippen MR) is 87.4 cm³/mol. The van der Waals surface area contributed by atoms with Gasteiger partial charge in [-0.1, -0.05) is 18.2 Å². The summed E-state index contributed by atoms with van der Waals surface area (Å²) in [4.78, 5) is 22.3. The lowest BCUT2D eigenvalue weighted by molar-refractivity contribution is -0.189. The first-order valence-electron chi connectivity index (χ1n) is 7.27. The minimum Gasteiger partial charge on any atom is -0.419 e. The Kier molecular flexibility index (Phi) is 4.08. The third kappa shape index (κ3) is 3.55. The van der Waals surface area contributed by atoms with Crippen LogP contribution in [0.15, 0.2) is 48.5 Å². The molecule has 0 atom stereocenters. The smallest absolute Gasteiger partial charge is 0.419 e. The molecule has 128 valence electrons. The topological polar surface area (TPSA) is 55.4 Å². The van der Waals surface area contributed by atoms with Crippen LogP contribution < -0.4 is 10.1 Å². The molecule has 0 aliphatic carbocycles. The summed E-state index contributed by atoms with van der Waals surface area (Å²) in [5.41, 5.74) is 0.559. The molecule has 1 amide bonds. The second kappa shape index (κ2) is 6.08. The van der Waals surface area contributed by atoms with Crippen LogP contribution >= 0.6 is 0 Å². The summed E-state index contributed by atoms with van der Waals surface area (Å²) in [6, 6.07) is 13.1. The number of fused-ring (bicyclic) bond motifs is 2. The van der Waals surface area contributed by atoms with Crippen molar-refractivity contribution in [2.45, 2.75) is 13.1 Å². The molecule has 0 unspecified atom stereocenters. The van der Waals surface area contributed by atoms with Crippen molar-refractivity contribution in [2.75, 3.05) is 5.32 Å². The van der Waals surface area contributed by atoms with E-state index >= 15 is 0 Å². The number of halogens is 3. The van der Waals surface area contributed by atoms with Gasteiger partial charge in [0.2, 0.25) is 5.91 Å². The van der Waals surface area contributed by atoms with E-state index in [1.165, 1.54) is 19.1 Å². The Hall–Kier alpha value is -3.09. The first-order chi connectivity index (χ1) is 11.7. The third-order valence-electron chi connectivity index (χ3n) is 3.55. The molecular weight excluding hydrogens is 335 g/mol. The summed E-state index contributed by atoms with van der Waals surface area (Å²) >= 11 is 0. The molecule has 3 aromatic carbocycles. The van der Waals surface area contributed by atoms with E-state index in [-0.39, 0.29) is 11.7 Å². The van der Waals surface area contributed by atoms with Crippen molar-refractivity contribution < 1.29 is 27.5 Å². The maximum atomic E-state index is 12.4. The van der Waals surface area contributed by atoms with Crippen LogP contribution in [0.1, 0.15) is 6.92 Å². The molecule has 0 bridgehead atoms. The number of esters is 1. The number of rotatable bonds is 2. The molecule has 25 heavy (non-hydrogen) atoms. The quantitative estimate of drug-likeness (QED) is 0.424. The van der Waals surface area contributed by atoms with Crippen LogP contribution in [0.2, 0.25) is 0 Å². The van der Waals surface area contributed by atoms with Crippen LogP contribution in [0.5, 0.6) is 5.75 Å². The number of carbonyl (C=O) groups is 2. The highest BCUT2D eigenvalue weighted by Crippen LogP contribution is 2.32. The van der Waals surface area contributed by atoms with Gasteiger partial charge in [0.1, 0.15) is 5.75 Å². The van der Waals surface area contributed by atoms with E-state index in [4.69, 9.17) is 0 Å². The third-order valence-corrected chi connectivity index (χ3v) is 3.55. The molecule has 3 rings (SSSR count). The Morgan fingerprint density at radius 2 is 1.72 bits per heavy atom. The van der Waals surface area contributed by atoms with Crippen molar-refractivity contribution in [3.8, 4) is 5.75 Å². The molecule has 3 aromatic rings. The van der Waals surface area contributed by atoms with Gasteiger partial charge in [-0.15, -0.1) is 0 Å². The largest absolute Gasteiger partial charge is 0.491 e. The van der Waals surface area contributed by atoms with E-state index in [1.54, 1.807) is 36.4 Å². The van der Waals surface area contributed by atoms with Crippen LogP contribution in [0.25, 0.3) is 21.5 Å². The molecular formula is C18H12F3NO3. The Morgan fingerprint density at radius 1 is 0.960 bits per heavy atom. The van der Waals surface area contributed by atoms with E-state index in [0.717, 1.165) is 5.39 Å². The van der Waals surface area contributed by atoms with Crippen molar-refractivity contribution in [2.24, 2.45) is 0 Å². The van der Waals surface area contributed by atoms with Gasteiger partial charge in [-0.05, 0) is 46.5 Å². The minimum absolute atomic E-state index is 0.174. The number of amides is 1. The van der Waals surface area contributed by atoms with Crippen molar-refractivity contribution in [1.82, 2.24) is 0 Å². The SMILES string of the molecule is CC(=O)Nc1ccc2cc3cccc(OC(=O)C(F)(F)F)c3cc2c1. The van der Waals surface area contributed by atoms with Gasteiger partial charge in [0.05, 0.1) is 0 Å². The second-order valence-corrected chi connectivity index (χ2v) is 5.46. The molecule has 0 fully saturated rings. The Balaban J connectivity index is 2.11. The monoisotopic (exact) mass is 347 g/mol. The van der Waals surface area contributed by atoms with E-state index < -0.39 is 12.1 Å². The summed E-state index contributed by atoms with van der Waals surface area (Å²) in [7, 11) is 0. The maximum Gasteiger partial charge on any atom is 0.491 e. The number of ether oxygens (including phenoxy) is 1. The van der Waals surface area contributed by atoms with Gasteiger partial charge in [0, 0.05) is 18.0 Å². The molecule has 0 saturated carbocycles. The molecule has 1 N–H and O–H groups in total. The standard InChI is InChI=1S/C18H12F3NO3/c1-10(23)22-14-6-5-11-7-12-3-2-4-16(15(12)9-13(11)8-14)25-17(24)18(19,20)21/h2-9H,1H3,(H,22,23). The minimum atomic E-state index is -5.07. The molecule has 0 aliphatic rings.